The molecule has 9 heteroatoms. The van der Waals surface area contributed by atoms with Gasteiger partial charge in [-0.25, -0.2) is 21.5 Å². The lowest BCUT2D eigenvalue weighted by molar-refractivity contribution is 0.213. The van der Waals surface area contributed by atoms with Crippen LogP contribution < -0.4 is 26.2 Å². The van der Waals surface area contributed by atoms with E-state index in [0.717, 1.165) is 26.7 Å². The largest absolute Gasteiger partial charge is 0.493 e. The second-order valence-corrected chi connectivity index (χ2v) is 6.35. The number of carbonyl (C=O) groups is 1. The Hall–Kier alpha value is -3.30. The van der Waals surface area contributed by atoms with Crippen LogP contribution in [-0.4, -0.2) is 38.0 Å². The van der Waals surface area contributed by atoms with Gasteiger partial charge < -0.3 is 14.3 Å². The first-order valence-electron chi connectivity index (χ1n) is 8.84. The van der Waals surface area contributed by atoms with Crippen LogP contribution in [0.2, 0.25) is 0 Å². The number of hydrogen-bond acceptors (Lipinski definition) is 7. The molecule has 0 atom stereocenters. The molecule has 2 amide bonds. The average Bonchev–Trinajstić information content (AvgIpc) is 2.71. The first-order chi connectivity index (χ1) is 13.8. The minimum atomic E-state index is -0.549. The van der Waals surface area contributed by atoms with Gasteiger partial charge in [0.25, 0.3) is 0 Å². The van der Waals surface area contributed by atoms with E-state index in [-0.39, 0.29) is 6.61 Å². The lowest BCUT2D eigenvalue weighted by atomic mass is 10.1. The first kappa shape index (κ1) is 22.0. The molecule has 2 rings (SSSR count). The molecule has 0 radical (unpaired) electrons. The summed E-state index contributed by atoms with van der Waals surface area (Å²) >= 11 is 0. The van der Waals surface area contributed by atoms with E-state index in [0.29, 0.717) is 22.9 Å². The highest BCUT2D eigenvalue weighted by molar-refractivity contribution is 5.98. The summed E-state index contributed by atoms with van der Waals surface area (Å²) < 4.78 is 11.4. The van der Waals surface area contributed by atoms with Gasteiger partial charge >= 0.3 is 6.03 Å². The molecule has 4 N–H and O–H groups in total. The number of anilines is 1. The maximum Gasteiger partial charge on any atom is 0.352 e. The second kappa shape index (κ2) is 9.76. The second-order valence-electron chi connectivity index (χ2n) is 6.35. The van der Waals surface area contributed by atoms with E-state index >= 15 is 0 Å². The van der Waals surface area contributed by atoms with Crippen molar-refractivity contribution in [3.63, 3.8) is 0 Å². The average molecular weight is 401 g/mol. The van der Waals surface area contributed by atoms with E-state index < -0.39 is 6.03 Å². The third-order valence-corrected chi connectivity index (χ3v) is 4.33. The first-order valence-corrected chi connectivity index (χ1v) is 8.84. The molecule has 9 nitrogen and oxygen atoms in total. The van der Waals surface area contributed by atoms with Crippen molar-refractivity contribution in [2.45, 2.75) is 20.5 Å². The molecule has 2 aromatic carbocycles. The van der Waals surface area contributed by atoms with Crippen molar-refractivity contribution >= 4 is 17.4 Å². The van der Waals surface area contributed by atoms with Crippen molar-refractivity contribution in [1.29, 1.82) is 0 Å². The molecule has 29 heavy (non-hydrogen) atoms. The lowest BCUT2D eigenvalue weighted by Crippen LogP contribution is -2.49. The van der Waals surface area contributed by atoms with Crippen molar-refractivity contribution in [2.24, 2.45) is 16.8 Å². The summed E-state index contributed by atoms with van der Waals surface area (Å²) in [6.07, 6.45) is 0. The molecular formula is C20H27N5O4. The van der Waals surface area contributed by atoms with Crippen LogP contribution in [0.25, 0.3) is 0 Å². The number of hydrogen-bond donors (Lipinski definition) is 2. The van der Waals surface area contributed by atoms with Gasteiger partial charge in [-0.2, -0.15) is 0 Å². The highest BCUT2D eigenvalue weighted by Crippen LogP contribution is 2.31. The molecule has 0 unspecified atom stereocenters. The summed E-state index contributed by atoms with van der Waals surface area (Å²) in [5.74, 6) is 12.6. The summed E-state index contributed by atoms with van der Waals surface area (Å²) in [5.41, 5.74) is 3.74. The monoisotopic (exact) mass is 401 g/mol. The number of carbonyl (C=O) groups excluding carboxylic acids is 1. The van der Waals surface area contributed by atoms with Crippen LogP contribution in [0, 0.1) is 6.92 Å². The van der Waals surface area contributed by atoms with Crippen LogP contribution in [0.4, 0.5) is 10.5 Å². The van der Waals surface area contributed by atoms with Gasteiger partial charge in [-0.3, -0.25) is 5.01 Å². The minimum absolute atomic E-state index is 0.179. The zero-order valence-corrected chi connectivity index (χ0v) is 17.3. The van der Waals surface area contributed by atoms with Gasteiger partial charge in [-0.1, -0.05) is 17.3 Å². The Morgan fingerprint density at radius 2 is 1.86 bits per heavy atom. The number of nitrogens with zero attached hydrogens (tertiary/aromatic N) is 3. The third-order valence-electron chi connectivity index (χ3n) is 4.33. The Morgan fingerprint density at radius 3 is 2.48 bits per heavy atom. The normalized spacial score (nSPS) is 11.1. The number of hydrazine groups is 2. The molecular weight excluding hydrogens is 374 g/mol. The number of methoxy groups -OCH3 is 1. The molecule has 0 spiro atoms. The van der Waals surface area contributed by atoms with Crippen molar-refractivity contribution in [2.75, 3.05) is 26.3 Å². The number of rotatable bonds is 7. The third kappa shape index (κ3) is 5.15. The predicted molar refractivity (Wildman–Crippen MR) is 112 cm³/mol. The van der Waals surface area contributed by atoms with E-state index in [1.807, 2.05) is 38.1 Å². The van der Waals surface area contributed by atoms with Crippen molar-refractivity contribution < 1.29 is 19.1 Å². The smallest absolute Gasteiger partial charge is 0.352 e. The number of aryl methyl sites for hydroxylation is 1. The van der Waals surface area contributed by atoms with Crippen molar-refractivity contribution in [3.05, 3.63) is 53.1 Å². The number of amides is 2. The number of benzene rings is 2. The predicted octanol–water partition coefficient (Wildman–Crippen LogP) is 2.56. The number of urea groups is 1. The van der Waals surface area contributed by atoms with Crippen LogP contribution in [0.3, 0.4) is 0 Å². The molecule has 0 saturated heterocycles. The topological polar surface area (TPSA) is 116 Å². The van der Waals surface area contributed by atoms with Gasteiger partial charge in [0.2, 0.25) is 0 Å². The molecule has 0 saturated carbocycles. The molecule has 0 aromatic heterocycles. The van der Waals surface area contributed by atoms with Gasteiger partial charge in [0, 0.05) is 18.2 Å². The lowest BCUT2D eigenvalue weighted by Gasteiger charge is -2.24. The summed E-state index contributed by atoms with van der Waals surface area (Å²) in [7, 11) is 4.48. The van der Waals surface area contributed by atoms with E-state index in [2.05, 4.69) is 5.16 Å². The van der Waals surface area contributed by atoms with Crippen LogP contribution in [0.1, 0.15) is 23.6 Å². The maximum atomic E-state index is 12.2. The zero-order chi connectivity index (χ0) is 21.6. The molecule has 2 aromatic rings. The Kier molecular flexibility index (Phi) is 7.40. The minimum Gasteiger partial charge on any atom is -0.493 e. The summed E-state index contributed by atoms with van der Waals surface area (Å²) in [6.45, 7) is 3.93. The number of oxime groups is 1. The Balaban J connectivity index is 2.30. The summed E-state index contributed by atoms with van der Waals surface area (Å²) in [4.78, 5) is 17.0. The number of ether oxygens (including phenoxy) is 2. The van der Waals surface area contributed by atoms with Crippen molar-refractivity contribution in [1.82, 2.24) is 5.01 Å². The van der Waals surface area contributed by atoms with Crippen LogP contribution in [0.5, 0.6) is 11.5 Å². The van der Waals surface area contributed by atoms with E-state index in [4.69, 9.17) is 26.0 Å². The van der Waals surface area contributed by atoms with E-state index in [9.17, 15) is 4.79 Å². The summed E-state index contributed by atoms with van der Waals surface area (Å²) in [6, 6.07) is 10.4. The van der Waals surface area contributed by atoms with Gasteiger partial charge in [0.15, 0.2) is 11.5 Å². The molecule has 0 fully saturated rings. The summed E-state index contributed by atoms with van der Waals surface area (Å²) in [5, 5.41) is 5.83. The molecule has 0 bridgehead atoms. The Morgan fingerprint density at radius 1 is 1.14 bits per heavy atom. The fourth-order valence-corrected chi connectivity index (χ4v) is 2.72. The van der Waals surface area contributed by atoms with Gasteiger partial charge in [0.05, 0.1) is 18.5 Å². The molecule has 0 heterocycles. The Bertz CT molecular complexity index is 898. The highest BCUT2D eigenvalue weighted by Gasteiger charge is 2.19. The number of nitrogens with two attached hydrogens (primary N) is 2. The van der Waals surface area contributed by atoms with Gasteiger partial charge in [0.1, 0.15) is 13.7 Å². The van der Waals surface area contributed by atoms with Crippen molar-refractivity contribution in [3.8, 4) is 11.5 Å². The SMILES string of the molecule is CON=C(C)c1ccc(OCc2c(C)cccc2N(N)C(=O)N(C)N)c(OC)c1. The van der Waals surface area contributed by atoms with Crippen LogP contribution >= 0.6 is 0 Å². The standard InChI is InChI=1S/C20H27N5O4/c1-13-7-6-8-17(25(22)20(26)24(3)21)16(13)12-29-18-10-9-15(11-19(18)27-4)14(2)23-28-5/h6-11H,12,21-22H2,1-5H3. The Labute approximate surface area is 170 Å². The maximum absolute atomic E-state index is 12.2. The van der Waals surface area contributed by atoms with Crippen LogP contribution in [-0.2, 0) is 11.4 Å². The fraction of sp³-hybridized carbons (Fsp3) is 0.300. The molecule has 156 valence electrons. The quantitative estimate of drug-likeness (QED) is 0.319. The van der Waals surface area contributed by atoms with Gasteiger partial charge in [-0.15, -0.1) is 0 Å². The van der Waals surface area contributed by atoms with Crippen LogP contribution in [0.15, 0.2) is 41.6 Å². The molecule has 0 aliphatic rings. The molecule has 0 aliphatic heterocycles. The highest BCUT2D eigenvalue weighted by atomic mass is 16.6. The molecule has 0 aliphatic carbocycles. The zero-order valence-electron chi connectivity index (χ0n) is 17.3. The van der Waals surface area contributed by atoms with Gasteiger partial charge in [-0.05, 0) is 43.7 Å². The fourth-order valence-electron chi connectivity index (χ4n) is 2.72. The van der Waals surface area contributed by atoms with E-state index in [1.54, 1.807) is 19.2 Å². The van der Waals surface area contributed by atoms with E-state index in [1.165, 1.54) is 14.2 Å².